The molecule has 0 spiro atoms. The lowest BCUT2D eigenvalue weighted by atomic mass is 9.93. The van der Waals surface area contributed by atoms with Crippen molar-refractivity contribution >= 4 is 0 Å². The molecule has 3 heteroatoms. The van der Waals surface area contributed by atoms with Gasteiger partial charge in [-0.2, -0.15) is 0 Å². The third-order valence-electron chi connectivity index (χ3n) is 2.59. The summed E-state index contributed by atoms with van der Waals surface area (Å²) in [7, 11) is 1.67. The smallest absolute Gasteiger partial charge is 0.146 e. The van der Waals surface area contributed by atoms with E-state index in [1.54, 1.807) is 7.11 Å². The van der Waals surface area contributed by atoms with Crippen molar-refractivity contribution in [3.8, 4) is 0 Å². The molecule has 0 bridgehead atoms. The number of hydrogen-bond acceptors (Lipinski definition) is 3. The molecule has 1 N–H and O–H groups in total. The van der Waals surface area contributed by atoms with Gasteiger partial charge in [0.1, 0.15) is 6.79 Å². The van der Waals surface area contributed by atoms with E-state index in [1.165, 1.54) is 25.7 Å². The van der Waals surface area contributed by atoms with Crippen LogP contribution in [0.4, 0.5) is 0 Å². The van der Waals surface area contributed by atoms with E-state index in [4.69, 9.17) is 9.47 Å². The summed E-state index contributed by atoms with van der Waals surface area (Å²) in [5.41, 5.74) is 0. The van der Waals surface area contributed by atoms with Crippen LogP contribution in [-0.4, -0.2) is 32.6 Å². The summed E-state index contributed by atoms with van der Waals surface area (Å²) in [6.07, 6.45) is 5.24. The molecule has 0 aromatic carbocycles. The summed E-state index contributed by atoms with van der Waals surface area (Å²) >= 11 is 0. The molecule has 1 saturated carbocycles. The molecule has 1 aliphatic rings. The first-order valence-electron chi connectivity index (χ1n) is 5.20. The Balaban J connectivity index is 2.08. The fraction of sp³-hybridized carbons (Fsp3) is 1.00. The van der Waals surface area contributed by atoms with Crippen molar-refractivity contribution in [2.75, 3.05) is 20.4 Å². The van der Waals surface area contributed by atoms with E-state index < -0.39 is 0 Å². The van der Waals surface area contributed by atoms with Crippen molar-refractivity contribution in [3.63, 3.8) is 0 Å². The predicted octanol–water partition coefficient (Wildman–Crippen LogP) is 1.53. The Kier molecular flexibility index (Phi) is 5.35. The SMILES string of the molecule is CCNC1CCC(OCOC)CC1. The van der Waals surface area contributed by atoms with Crippen LogP contribution in [0.3, 0.4) is 0 Å². The van der Waals surface area contributed by atoms with Crippen LogP contribution in [0.25, 0.3) is 0 Å². The van der Waals surface area contributed by atoms with Crippen LogP contribution in [0.1, 0.15) is 32.6 Å². The van der Waals surface area contributed by atoms with Gasteiger partial charge in [-0.05, 0) is 32.2 Å². The topological polar surface area (TPSA) is 30.5 Å². The van der Waals surface area contributed by atoms with Gasteiger partial charge in [0.05, 0.1) is 6.10 Å². The average molecular weight is 187 g/mol. The minimum Gasteiger partial charge on any atom is -0.359 e. The van der Waals surface area contributed by atoms with E-state index in [9.17, 15) is 0 Å². The first-order chi connectivity index (χ1) is 6.36. The summed E-state index contributed by atoms with van der Waals surface area (Å²) in [6.45, 7) is 3.68. The van der Waals surface area contributed by atoms with Gasteiger partial charge in [0, 0.05) is 13.2 Å². The lowest BCUT2D eigenvalue weighted by molar-refractivity contribution is -0.0838. The first-order valence-corrected chi connectivity index (χ1v) is 5.20. The highest BCUT2D eigenvalue weighted by Crippen LogP contribution is 2.20. The van der Waals surface area contributed by atoms with Crippen LogP contribution in [0, 0.1) is 0 Å². The molecule has 0 radical (unpaired) electrons. The van der Waals surface area contributed by atoms with Crippen molar-refractivity contribution in [1.82, 2.24) is 5.32 Å². The Morgan fingerprint density at radius 1 is 1.23 bits per heavy atom. The molecule has 0 aromatic heterocycles. The van der Waals surface area contributed by atoms with Crippen LogP contribution < -0.4 is 5.32 Å². The lowest BCUT2D eigenvalue weighted by Crippen LogP contribution is -2.35. The fourth-order valence-electron chi connectivity index (χ4n) is 1.89. The minimum absolute atomic E-state index is 0.426. The Bertz CT molecular complexity index is 122. The molecular weight excluding hydrogens is 166 g/mol. The van der Waals surface area contributed by atoms with Crippen LogP contribution in [0.2, 0.25) is 0 Å². The zero-order valence-corrected chi connectivity index (χ0v) is 8.71. The molecule has 13 heavy (non-hydrogen) atoms. The molecule has 0 unspecified atom stereocenters. The molecular formula is C10H21NO2. The van der Waals surface area contributed by atoms with Crippen molar-refractivity contribution in [2.24, 2.45) is 0 Å². The van der Waals surface area contributed by atoms with Crippen molar-refractivity contribution in [2.45, 2.75) is 44.8 Å². The molecule has 1 aliphatic carbocycles. The summed E-state index contributed by atoms with van der Waals surface area (Å²) in [5, 5.41) is 3.47. The van der Waals surface area contributed by atoms with Crippen LogP contribution in [0.15, 0.2) is 0 Å². The molecule has 0 heterocycles. The Morgan fingerprint density at radius 3 is 2.46 bits per heavy atom. The number of ether oxygens (including phenoxy) is 2. The molecule has 78 valence electrons. The van der Waals surface area contributed by atoms with Crippen LogP contribution in [0.5, 0.6) is 0 Å². The van der Waals surface area contributed by atoms with Gasteiger partial charge in [-0.3, -0.25) is 0 Å². The van der Waals surface area contributed by atoms with Crippen LogP contribution >= 0.6 is 0 Å². The Labute approximate surface area is 80.8 Å². The molecule has 3 nitrogen and oxygen atoms in total. The van der Waals surface area contributed by atoms with E-state index in [2.05, 4.69) is 12.2 Å². The van der Waals surface area contributed by atoms with Crippen LogP contribution in [-0.2, 0) is 9.47 Å². The third-order valence-corrected chi connectivity index (χ3v) is 2.59. The molecule has 0 amide bonds. The first kappa shape index (κ1) is 11.0. The van der Waals surface area contributed by atoms with E-state index in [1.807, 2.05) is 0 Å². The number of rotatable bonds is 5. The number of methoxy groups -OCH3 is 1. The second-order valence-electron chi connectivity index (χ2n) is 3.60. The maximum Gasteiger partial charge on any atom is 0.146 e. The highest BCUT2D eigenvalue weighted by atomic mass is 16.7. The maximum absolute atomic E-state index is 5.51. The summed E-state index contributed by atoms with van der Waals surface area (Å²) in [6, 6.07) is 0.715. The minimum atomic E-state index is 0.426. The highest BCUT2D eigenvalue weighted by molar-refractivity contribution is 4.76. The average Bonchev–Trinajstić information content (AvgIpc) is 2.17. The van der Waals surface area contributed by atoms with Gasteiger partial charge in [-0.25, -0.2) is 0 Å². The third kappa shape index (κ3) is 4.07. The van der Waals surface area contributed by atoms with E-state index in [-0.39, 0.29) is 0 Å². The molecule has 1 fully saturated rings. The van der Waals surface area contributed by atoms with Gasteiger partial charge in [-0.15, -0.1) is 0 Å². The van der Waals surface area contributed by atoms with E-state index in [0.717, 1.165) is 6.54 Å². The van der Waals surface area contributed by atoms with Gasteiger partial charge in [0.25, 0.3) is 0 Å². The Hall–Kier alpha value is -0.120. The zero-order chi connectivity index (χ0) is 9.52. The second-order valence-corrected chi connectivity index (χ2v) is 3.60. The van der Waals surface area contributed by atoms with Crippen molar-refractivity contribution < 1.29 is 9.47 Å². The van der Waals surface area contributed by atoms with Crippen molar-refractivity contribution in [1.29, 1.82) is 0 Å². The monoisotopic (exact) mass is 187 g/mol. The van der Waals surface area contributed by atoms with E-state index in [0.29, 0.717) is 18.9 Å². The normalized spacial score (nSPS) is 29.1. The number of nitrogens with one attached hydrogen (secondary N) is 1. The molecule has 0 aromatic rings. The molecule has 0 aliphatic heterocycles. The van der Waals surface area contributed by atoms with E-state index >= 15 is 0 Å². The number of hydrogen-bond donors (Lipinski definition) is 1. The van der Waals surface area contributed by atoms with Gasteiger partial charge in [0.15, 0.2) is 0 Å². The van der Waals surface area contributed by atoms with Gasteiger partial charge >= 0.3 is 0 Å². The fourth-order valence-corrected chi connectivity index (χ4v) is 1.89. The molecule has 0 saturated heterocycles. The largest absolute Gasteiger partial charge is 0.359 e. The molecule has 1 rings (SSSR count). The van der Waals surface area contributed by atoms with Gasteiger partial charge < -0.3 is 14.8 Å². The van der Waals surface area contributed by atoms with Gasteiger partial charge in [0.2, 0.25) is 0 Å². The summed E-state index contributed by atoms with van der Waals surface area (Å²) < 4.78 is 10.4. The lowest BCUT2D eigenvalue weighted by Gasteiger charge is -2.28. The quantitative estimate of drug-likeness (QED) is 0.662. The van der Waals surface area contributed by atoms with Gasteiger partial charge in [-0.1, -0.05) is 6.92 Å². The maximum atomic E-state index is 5.51. The standard InChI is InChI=1S/C10H21NO2/c1-3-11-9-4-6-10(7-5-9)13-8-12-2/h9-11H,3-8H2,1-2H3. The second kappa shape index (κ2) is 6.35. The predicted molar refractivity (Wildman–Crippen MR) is 52.7 cm³/mol. The zero-order valence-electron chi connectivity index (χ0n) is 8.71. The Morgan fingerprint density at radius 2 is 1.92 bits per heavy atom. The van der Waals surface area contributed by atoms with Crippen molar-refractivity contribution in [3.05, 3.63) is 0 Å². The highest BCUT2D eigenvalue weighted by Gasteiger charge is 2.20. The summed E-state index contributed by atoms with van der Waals surface area (Å²) in [5.74, 6) is 0. The molecule has 0 atom stereocenters. The summed E-state index contributed by atoms with van der Waals surface area (Å²) in [4.78, 5) is 0.